The summed E-state index contributed by atoms with van der Waals surface area (Å²) < 4.78 is 0. The SMILES string of the molecule is O=C1CC(CCl)CN1c1cc(Cl)cc([N+](=O)[O-])c1O. The fraction of sp³-hybridized carbons (Fsp3) is 0.364. The average molecular weight is 305 g/mol. The predicted octanol–water partition coefficient (Wildman–Crippen LogP) is 2.55. The van der Waals surface area contributed by atoms with Crippen LogP contribution < -0.4 is 4.90 Å². The maximum atomic E-state index is 11.8. The molecule has 102 valence electrons. The normalized spacial score (nSPS) is 18.9. The summed E-state index contributed by atoms with van der Waals surface area (Å²) in [6, 6.07) is 2.37. The Morgan fingerprint density at radius 3 is 2.74 bits per heavy atom. The molecule has 0 saturated carbocycles. The van der Waals surface area contributed by atoms with Crippen LogP contribution in [-0.4, -0.2) is 28.4 Å². The summed E-state index contributed by atoms with van der Waals surface area (Å²) in [5.74, 6) is -0.520. The van der Waals surface area contributed by atoms with Crippen molar-refractivity contribution >= 4 is 40.5 Å². The molecule has 19 heavy (non-hydrogen) atoms. The number of nitro benzene ring substituents is 1. The van der Waals surface area contributed by atoms with Crippen molar-refractivity contribution in [3.05, 3.63) is 27.3 Å². The van der Waals surface area contributed by atoms with Crippen molar-refractivity contribution in [2.24, 2.45) is 5.92 Å². The Morgan fingerprint density at radius 2 is 2.21 bits per heavy atom. The van der Waals surface area contributed by atoms with Gasteiger partial charge in [-0.05, 0) is 12.0 Å². The van der Waals surface area contributed by atoms with Crippen molar-refractivity contribution < 1.29 is 14.8 Å². The first kappa shape index (κ1) is 13.9. The molecule has 1 fully saturated rings. The molecule has 1 aromatic carbocycles. The van der Waals surface area contributed by atoms with Gasteiger partial charge in [0.25, 0.3) is 0 Å². The van der Waals surface area contributed by atoms with Crippen LogP contribution in [0, 0.1) is 16.0 Å². The van der Waals surface area contributed by atoms with Gasteiger partial charge in [-0.3, -0.25) is 14.9 Å². The van der Waals surface area contributed by atoms with Gasteiger partial charge in [0.2, 0.25) is 11.7 Å². The van der Waals surface area contributed by atoms with Crippen molar-refractivity contribution in [1.82, 2.24) is 0 Å². The number of phenolic OH excluding ortho intramolecular Hbond substituents is 1. The van der Waals surface area contributed by atoms with Crippen LogP contribution in [0.3, 0.4) is 0 Å². The van der Waals surface area contributed by atoms with E-state index in [9.17, 15) is 20.0 Å². The van der Waals surface area contributed by atoms with Gasteiger partial charge in [0, 0.05) is 29.9 Å². The third-order valence-electron chi connectivity index (χ3n) is 2.95. The van der Waals surface area contributed by atoms with Gasteiger partial charge in [0.05, 0.1) is 10.6 Å². The number of carbonyl (C=O) groups is 1. The maximum Gasteiger partial charge on any atom is 0.314 e. The lowest BCUT2D eigenvalue weighted by atomic mass is 10.1. The number of hydrogen-bond donors (Lipinski definition) is 1. The molecule has 1 aromatic rings. The minimum absolute atomic E-state index is 0.0356. The Kier molecular flexibility index (Phi) is 3.82. The van der Waals surface area contributed by atoms with Crippen LogP contribution >= 0.6 is 23.2 Å². The topological polar surface area (TPSA) is 83.7 Å². The molecule has 1 atom stereocenters. The molecule has 1 N–H and O–H groups in total. The zero-order valence-corrected chi connectivity index (χ0v) is 11.2. The second-order valence-electron chi connectivity index (χ2n) is 4.28. The molecular weight excluding hydrogens is 295 g/mol. The highest BCUT2D eigenvalue weighted by atomic mass is 35.5. The largest absolute Gasteiger partial charge is 0.501 e. The molecule has 1 heterocycles. The van der Waals surface area contributed by atoms with Crippen molar-refractivity contribution in [3.8, 4) is 5.75 Å². The highest BCUT2D eigenvalue weighted by Gasteiger charge is 2.33. The molecule has 0 aliphatic carbocycles. The molecule has 0 spiro atoms. The first-order valence-electron chi connectivity index (χ1n) is 5.47. The summed E-state index contributed by atoms with van der Waals surface area (Å²) in [4.78, 5) is 23.2. The van der Waals surface area contributed by atoms with E-state index in [-0.39, 0.29) is 29.0 Å². The third-order valence-corrected chi connectivity index (χ3v) is 3.60. The van der Waals surface area contributed by atoms with Crippen LogP contribution in [0.1, 0.15) is 6.42 Å². The zero-order valence-electron chi connectivity index (χ0n) is 9.68. The zero-order chi connectivity index (χ0) is 14.2. The lowest BCUT2D eigenvalue weighted by Gasteiger charge is -2.17. The number of hydrogen-bond acceptors (Lipinski definition) is 4. The molecule has 0 bridgehead atoms. The molecule has 1 aliphatic rings. The number of rotatable bonds is 3. The minimum Gasteiger partial charge on any atom is -0.501 e. The third kappa shape index (κ3) is 2.59. The number of amides is 1. The number of halogens is 2. The summed E-state index contributed by atoms with van der Waals surface area (Å²) in [5, 5.41) is 20.8. The van der Waals surface area contributed by atoms with Gasteiger partial charge < -0.3 is 10.0 Å². The number of phenols is 1. The molecule has 1 aliphatic heterocycles. The van der Waals surface area contributed by atoms with Crippen LogP contribution in [0.4, 0.5) is 11.4 Å². The first-order valence-corrected chi connectivity index (χ1v) is 6.38. The van der Waals surface area contributed by atoms with Crippen LogP contribution in [-0.2, 0) is 4.79 Å². The highest BCUT2D eigenvalue weighted by Crippen LogP contribution is 2.41. The molecular formula is C11H10Cl2N2O4. The monoisotopic (exact) mass is 304 g/mol. The summed E-state index contributed by atoms with van der Waals surface area (Å²) in [6.45, 7) is 0.313. The molecule has 1 amide bonds. The lowest BCUT2D eigenvalue weighted by Crippen LogP contribution is -2.24. The van der Waals surface area contributed by atoms with Crippen molar-refractivity contribution in [2.45, 2.75) is 6.42 Å². The number of anilines is 1. The van der Waals surface area contributed by atoms with Gasteiger partial charge in [-0.2, -0.15) is 0 Å². The Hall–Kier alpha value is -1.53. The Bertz CT molecular complexity index is 550. The fourth-order valence-electron chi connectivity index (χ4n) is 2.03. The molecule has 6 nitrogen and oxygen atoms in total. The van der Waals surface area contributed by atoms with Crippen LogP contribution in [0.5, 0.6) is 5.75 Å². The predicted molar refractivity (Wildman–Crippen MR) is 71.0 cm³/mol. The van der Waals surface area contributed by atoms with Gasteiger partial charge in [-0.15, -0.1) is 11.6 Å². The van der Waals surface area contributed by atoms with E-state index in [4.69, 9.17) is 23.2 Å². The van der Waals surface area contributed by atoms with Crippen LogP contribution in [0.15, 0.2) is 12.1 Å². The van der Waals surface area contributed by atoms with E-state index in [1.54, 1.807) is 0 Å². The standard InChI is InChI=1S/C11H10Cl2N2O4/c12-4-6-1-10(16)14(5-6)8-2-7(13)3-9(11(8)17)15(18)19/h2-3,6,17H,1,4-5H2. The van der Waals surface area contributed by atoms with E-state index in [0.29, 0.717) is 12.4 Å². The van der Waals surface area contributed by atoms with Crippen molar-refractivity contribution in [2.75, 3.05) is 17.3 Å². The quantitative estimate of drug-likeness (QED) is 0.528. The second kappa shape index (κ2) is 5.22. The summed E-state index contributed by atoms with van der Waals surface area (Å²) >= 11 is 11.5. The second-order valence-corrected chi connectivity index (χ2v) is 5.02. The number of carbonyl (C=O) groups excluding carboxylic acids is 1. The van der Waals surface area contributed by atoms with E-state index in [1.807, 2.05) is 0 Å². The lowest BCUT2D eigenvalue weighted by molar-refractivity contribution is -0.385. The average Bonchev–Trinajstić information content (AvgIpc) is 2.72. The summed E-state index contributed by atoms with van der Waals surface area (Å²) in [5.41, 5.74) is -0.471. The van der Waals surface area contributed by atoms with Gasteiger partial charge in [0.1, 0.15) is 0 Å². The molecule has 0 radical (unpaired) electrons. The summed E-state index contributed by atoms with van der Waals surface area (Å²) in [7, 11) is 0. The van der Waals surface area contributed by atoms with E-state index in [0.717, 1.165) is 6.07 Å². The minimum atomic E-state index is -0.746. The van der Waals surface area contributed by atoms with E-state index in [1.165, 1.54) is 11.0 Å². The number of nitrogens with zero attached hydrogens (tertiary/aromatic N) is 2. The van der Waals surface area contributed by atoms with Crippen molar-refractivity contribution in [3.63, 3.8) is 0 Å². The van der Waals surface area contributed by atoms with E-state index < -0.39 is 16.4 Å². The van der Waals surface area contributed by atoms with Crippen molar-refractivity contribution in [1.29, 1.82) is 0 Å². The number of benzene rings is 1. The van der Waals surface area contributed by atoms with Crippen LogP contribution in [0.2, 0.25) is 5.02 Å². The smallest absolute Gasteiger partial charge is 0.314 e. The van der Waals surface area contributed by atoms with Crippen LogP contribution in [0.25, 0.3) is 0 Å². The Balaban J connectivity index is 2.45. The van der Waals surface area contributed by atoms with E-state index >= 15 is 0 Å². The Morgan fingerprint density at radius 1 is 1.53 bits per heavy atom. The van der Waals surface area contributed by atoms with Gasteiger partial charge in [-0.1, -0.05) is 11.6 Å². The van der Waals surface area contributed by atoms with Gasteiger partial charge in [0.15, 0.2) is 0 Å². The molecule has 1 saturated heterocycles. The number of nitro groups is 1. The molecule has 0 aromatic heterocycles. The highest BCUT2D eigenvalue weighted by molar-refractivity contribution is 6.31. The number of alkyl halides is 1. The maximum absolute atomic E-state index is 11.8. The summed E-state index contributed by atoms with van der Waals surface area (Å²) in [6.07, 6.45) is 0.253. The van der Waals surface area contributed by atoms with Gasteiger partial charge >= 0.3 is 5.69 Å². The molecule has 1 unspecified atom stereocenters. The Labute approximate surface area is 118 Å². The molecule has 8 heteroatoms. The van der Waals surface area contributed by atoms with E-state index in [2.05, 4.69) is 0 Å². The fourth-order valence-corrected chi connectivity index (χ4v) is 2.45. The first-order chi connectivity index (χ1) is 8.93. The number of aromatic hydroxyl groups is 1. The molecule has 2 rings (SSSR count). The van der Waals surface area contributed by atoms with Gasteiger partial charge in [-0.25, -0.2) is 0 Å².